The molecule has 1 fully saturated rings. The van der Waals surface area contributed by atoms with Gasteiger partial charge in [0, 0.05) is 21.0 Å². The van der Waals surface area contributed by atoms with Gasteiger partial charge >= 0.3 is 5.97 Å². The normalized spacial score (nSPS) is 19.7. The van der Waals surface area contributed by atoms with E-state index in [0.717, 1.165) is 10.0 Å². The van der Waals surface area contributed by atoms with Crippen molar-refractivity contribution in [2.45, 2.75) is 52.6 Å². The van der Waals surface area contributed by atoms with Gasteiger partial charge in [-0.3, -0.25) is 19.3 Å². The zero-order valence-electron chi connectivity index (χ0n) is 26.0. The maximum Gasteiger partial charge on any atom is 0.339 e. The Labute approximate surface area is 276 Å². The van der Waals surface area contributed by atoms with E-state index in [1.807, 2.05) is 63.3 Å². The SMILES string of the molecule is CCCC(OC(=O)c1cc(-c2ccc(N3C(=O)C4CC=CC(C)C4C3=O)cc2)nc2c(CC)cc(Br)cc12)C(=O)c1ccccc1. The van der Waals surface area contributed by atoms with Crippen LogP contribution in [-0.2, 0) is 20.7 Å². The van der Waals surface area contributed by atoms with E-state index in [2.05, 4.69) is 15.9 Å². The maximum absolute atomic E-state index is 13.9. The number of ether oxygens (including phenoxy) is 1. The number of hydrogen-bond acceptors (Lipinski definition) is 6. The first-order valence-corrected chi connectivity index (χ1v) is 16.6. The molecule has 1 saturated heterocycles. The maximum atomic E-state index is 13.9. The van der Waals surface area contributed by atoms with E-state index in [1.165, 1.54) is 4.90 Å². The summed E-state index contributed by atoms with van der Waals surface area (Å²) in [6.07, 6.45) is 5.38. The molecule has 3 aromatic carbocycles. The number of amides is 2. The van der Waals surface area contributed by atoms with Gasteiger partial charge in [0.05, 0.1) is 34.3 Å². The molecule has 0 spiro atoms. The molecule has 1 aliphatic heterocycles. The molecule has 4 aromatic rings. The van der Waals surface area contributed by atoms with Gasteiger partial charge in [-0.1, -0.05) is 97.7 Å². The quantitative estimate of drug-likeness (QED) is 0.0768. The van der Waals surface area contributed by atoms with Crippen LogP contribution < -0.4 is 4.90 Å². The molecule has 2 heterocycles. The van der Waals surface area contributed by atoms with Gasteiger partial charge in [0.2, 0.25) is 17.6 Å². The van der Waals surface area contributed by atoms with Gasteiger partial charge in [-0.15, -0.1) is 0 Å². The number of rotatable bonds is 9. The molecule has 8 heteroatoms. The summed E-state index contributed by atoms with van der Waals surface area (Å²) in [7, 11) is 0. The molecule has 0 N–H and O–H groups in total. The van der Waals surface area contributed by atoms with Crippen molar-refractivity contribution in [1.82, 2.24) is 4.98 Å². The largest absolute Gasteiger partial charge is 0.450 e. The number of imide groups is 1. The first-order valence-electron chi connectivity index (χ1n) is 15.8. The van der Waals surface area contributed by atoms with Crippen LogP contribution >= 0.6 is 15.9 Å². The number of fused-ring (bicyclic) bond motifs is 2. The molecule has 4 atom stereocenters. The first-order chi connectivity index (χ1) is 22.2. The number of allylic oxidation sites excluding steroid dienone is 2. The number of pyridine rings is 1. The second-order valence-corrected chi connectivity index (χ2v) is 12.9. The molecule has 1 aromatic heterocycles. The van der Waals surface area contributed by atoms with Gasteiger partial charge in [-0.05, 0) is 61.1 Å². The molecule has 4 unspecified atom stereocenters. The summed E-state index contributed by atoms with van der Waals surface area (Å²) in [6, 6.07) is 21.5. The van der Waals surface area contributed by atoms with E-state index in [4.69, 9.17) is 9.72 Å². The van der Waals surface area contributed by atoms with Gasteiger partial charge in [-0.2, -0.15) is 0 Å². The van der Waals surface area contributed by atoms with Gasteiger partial charge in [0.15, 0.2) is 6.10 Å². The Hall–Kier alpha value is -4.43. The lowest BCUT2D eigenvalue weighted by Gasteiger charge is -2.22. The lowest BCUT2D eigenvalue weighted by molar-refractivity contribution is -0.122. The smallest absolute Gasteiger partial charge is 0.339 e. The Bertz CT molecular complexity index is 1870. The number of halogens is 1. The number of Topliss-reactive ketones (excluding diaryl/α,β-unsaturated/α-hetero) is 1. The summed E-state index contributed by atoms with van der Waals surface area (Å²) in [5, 5.41) is 0.623. The third kappa shape index (κ3) is 5.82. The van der Waals surface area contributed by atoms with Crippen LogP contribution in [0.25, 0.3) is 22.2 Å². The molecule has 7 nitrogen and oxygen atoms in total. The molecule has 0 radical (unpaired) electrons. The number of aryl methyl sites for hydroxylation is 1. The highest BCUT2D eigenvalue weighted by atomic mass is 79.9. The second kappa shape index (κ2) is 13.1. The van der Waals surface area contributed by atoms with Crippen LogP contribution in [0.15, 0.2) is 89.4 Å². The van der Waals surface area contributed by atoms with Crippen LogP contribution in [0.2, 0.25) is 0 Å². The van der Waals surface area contributed by atoms with Crippen molar-refractivity contribution >= 4 is 56.1 Å². The third-order valence-electron chi connectivity index (χ3n) is 9.00. The van der Waals surface area contributed by atoms with Gasteiger partial charge in [0.25, 0.3) is 0 Å². The molecule has 46 heavy (non-hydrogen) atoms. The van der Waals surface area contributed by atoms with Gasteiger partial charge < -0.3 is 4.74 Å². The highest BCUT2D eigenvalue weighted by Gasteiger charge is 2.50. The van der Waals surface area contributed by atoms with Crippen molar-refractivity contribution in [3.63, 3.8) is 0 Å². The van der Waals surface area contributed by atoms with Crippen LogP contribution in [0.1, 0.15) is 66.3 Å². The number of nitrogens with zero attached hydrogens (tertiary/aromatic N) is 2. The number of anilines is 1. The number of benzene rings is 3. The Morgan fingerprint density at radius 2 is 1.74 bits per heavy atom. The second-order valence-electron chi connectivity index (χ2n) is 12.0. The lowest BCUT2D eigenvalue weighted by atomic mass is 9.78. The van der Waals surface area contributed by atoms with Crippen molar-refractivity contribution in [2.24, 2.45) is 17.8 Å². The van der Waals surface area contributed by atoms with E-state index in [-0.39, 0.29) is 35.4 Å². The number of esters is 1. The Morgan fingerprint density at radius 1 is 1.00 bits per heavy atom. The number of ketones is 1. The fraction of sp³-hybridized carbons (Fsp3) is 0.289. The fourth-order valence-electron chi connectivity index (χ4n) is 6.62. The molecule has 2 aliphatic rings. The van der Waals surface area contributed by atoms with Crippen molar-refractivity contribution in [2.75, 3.05) is 4.90 Å². The van der Waals surface area contributed by atoms with Crippen LogP contribution in [0.3, 0.4) is 0 Å². The third-order valence-corrected chi connectivity index (χ3v) is 9.46. The standard InChI is InChI=1S/C38H35BrN2O5/c1-4-10-32(35(42)25-12-7-6-8-13-25)46-38(45)30-21-31(40-34-23(5-2)19-26(39)20-29(30)34)24-15-17-27(18-16-24)41-36(43)28-14-9-11-22(3)33(28)37(41)44/h6-9,11-13,15-22,28,32-33H,4-5,10,14H2,1-3H3. The van der Waals surface area contributed by atoms with Gasteiger partial charge in [0.1, 0.15) is 0 Å². The number of hydrogen-bond donors (Lipinski definition) is 0. The monoisotopic (exact) mass is 678 g/mol. The van der Waals surface area contributed by atoms with E-state index < -0.39 is 12.1 Å². The zero-order valence-corrected chi connectivity index (χ0v) is 27.6. The lowest BCUT2D eigenvalue weighted by Crippen LogP contribution is -2.31. The predicted molar refractivity (Wildman–Crippen MR) is 182 cm³/mol. The van der Waals surface area contributed by atoms with E-state index in [0.29, 0.717) is 64.7 Å². The Kier molecular flexibility index (Phi) is 9.00. The van der Waals surface area contributed by atoms with Crippen molar-refractivity contribution < 1.29 is 23.9 Å². The molecule has 6 rings (SSSR count). The highest BCUT2D eigenvalue weighted by Crippen LogP contribution is 2.41. The highest BCUT2D eigenvalue weighted by molar-refractivity contribution is 9.10. The number of carbonyl (C=O) groups is 4. The average molecular weight is 680 g/mol. The minimum atomic E-state index is -0.930. The van der Waals surface area contributed by atoms with Crippen LogP contribution in [0.4, 0.5) is 5.69 Å². The molecule has 2 amide bonds. The van der Waals surface area contributed by atoms with Gasteiger partial charge in [-0.25, -0.2) is 9.78 Å². The summed E-state index contributed by atoms with van der Waals surface area (Å²) in [5.41, 5.74) is 4.16. The summed E-state index contributed by atoms with van der Waals surface area (Å²) >= 11 is 3.58. The average Bonchev–Trinajstić information content (AvgIpc) is 3.33. The summed E-state index contributed by atoms with van der Waals surface area (Å²) in [5.74, 6) is -1.85. The van der Waals surface area contributed by atoms with Crippen LogP contribution in [-0.4, -0.2) is 34.7 Å². The number of aromatic nitrogens is 1. The van der Waals surface area contributed by atoms with Crippen molar-refractivity contribution in [3.8, 4) is 11.3 Å². The molecule has 0 bridgehead atoms. The van der Waals surface area contributed by atoms with Crippen molar-refractivity contribution in [1.29, 1.82) is 0 Å². The minimum Gasteiger partial charge on any atom is -0.450 e. The van der Waals surface area contributed by atoms with E-state index >= 15 is 0 Å². The molecule has 0 saturated carbocycles. The summed E-state index contributed by atoms with van der Waals surface area (Å²) in [6.45, 7) is 5.95. The topological polar surface area (TPSA) is 93.6 Å². The van der Waals surface area contributed by atoms with Crippen molar-refractivity contribution in [3.05, 3.63) is 106 Å². The first kappa shape index (κ1) is 31.5. The van der Waals surface area contributed by atoms with E-state index in [1.54, 1.807) is 42.5 Å². The van der Waals surface area contributed by atoms with Crippen LogP contribution in [0, 0.1) is 17.8 Å². The molecular formula is C38H35BrN2O5. The summed E-state index contributed by atoms with van der Waals surface area (Å²) < 4.78 is 6.76. The molecular weight excluding hydrogens is 644 g/mol. The fourth-order valence-corrected chi connectivity index (χ4v) is 7.12. The Balaban J connectivity index is 1.37. The molecule has 1 aliphatic carbocycles. The minimum absolute atomic E-state index is 0.00663. The summed E-state index contributed by atoms with van der Waals surface area (Å²) in [4.78, 5) is 60.1. The van der Waals surface area contributed by atoms with Crippen LogP contribution in [0.5, 0.6) is 0 Å². The molecule has 234 valence electrons. The van der Waals surface area contributed by atoms with E-state index in [9.17, 15) is 19.2 Å². The Morgan fingerprint density at radius 3 is 2.41 bits per heavy atom. The predicted octanol–water partition coefficient (Wildman–Crippen LogP) is 8.14. The zero-order chi connectivity index (χ0) is 32.5. The number of carbonyl (C=O) groups excluding carboxylic acids is 4.